The molecular weight excluding hydrogens is 324 g/mol. The van der Waals surface area contributed by atoms with Gasteiger partial charge in [0.15, 0.2) is 0 Å². The maximum atomic E-state index is 12.8. The molecule has 1 fully saturated rings. The summed E-state index contributed by atoms with van der Waals surface area (Å²) in [6.45, 7) is 0.00703. The van der Waals surface area contributed by atoms with Crippen molar-refractivity contribution in [2.24, 2.45) is 0 Å². The second-order valence-electron chi connectivity index (χ2n) is 6.20. The Morgan fingerprint density at radius 3 is 1.35 bits per heavy atom. The number of carbonyl (C=O) groups is 2. The minimum absolute atomic E-state index is 0.00703. The van der Waals surface area contributed by atoms with Crippen LogP contribution in [0.15, 0.2) is 91.0 Å². The summed E-state index contributed by atoms with van der Waals surface area (Å²) in [6, 6.07) is 28.7. The van der Waals surface area contributed by atoms with E-state index < -0.39 is 5.54 Å². The Balaban J connectivity index is 2.11. The van der Waals surface area contributed by atoms with Gasteiger partial charge in [-0.1, -0.05) is 91.0 Å². The van der Waals surface area contributed by atoms with Crippen molar-refractivity contribution < 1.29 is 9.59 Å². The molecule has 1 aliphatic heterocycles. The normalized spacial score (nSPS) is 14.4. The lowest BCUT2D eigenvalue weighted by Gasteiger charge is -2.41. The van der Waals surface area contributed by atoms with Gasteiger partial charge in [0, 0.05) is 0 Å². The number of imide groups is 1. The van der Waals surface area contributed by atoms with Crippen molar-refractivity contribution in [2.75, 3.05) is 6.54 Å². The molecule has 0 bridgehead atoms. The fraction of sp³-hybridized carbons (Fsp3) is 0.0909. The van der Waals surface area contributed by atoms with Crippen molar-refractivity contribution in [2.45, 2.75) is 5.54 Å². The van der Waals surface area contributed by atoms with E-state index in [0.717, 1.165) is 16.7 Å². The molecule has 0 aromatic heterocycles. The standard InChI is InChI=1S/C22H18N2O2/c25-20-16-23-21(26)24(20)22(17-10-4-1-5-11-17,18-12-6-2-7-13-18)19-14-8-3-9-15-19/h1-15H,16H2,(H,23,26). The highest BCUT2D eigenvalue weighted by atomic mass is 16.2. The summed E-state index contributed by atoms with van der Waals surface area (Å²) >= 11 is 0. The highest BCUT2D eigenvalue weighted by molar-refractivity contribution is 6.04. The number of carbonyl (C=O) groups excluding carboxylic acids is 2. The van der Waals surface area contributed by atoms with Crippen LogP contribution in [0.3, 0.4) is 0 Å². The average molecular weight is 342 g/mol. The van der Waals surface area contributed by atoms with E-state index in [2.05, 4.69) is 5.32 Å². The summed E-state index contributed by atoms with van der Waals surface area (Å²) < 4.78 is 0. The molecule has 3 aromatic rings. The molecule has 3 amide bonds. The summed E-state index contributed by atoms with van der Waals surface area (Å²) in [5, 5.41) is 2.67. The van der Waals surface area contributed by atoms with Crippen molar-refractivity contribution in [3.63, 3.8) is 0 Å². The molecule has 0 saturated carbocycles. The lowest BCUT2D eigenvalue weighted by Crippen LogP contribution is -2.51. The van der Waals surface area contributed by atoms with Gasteiger partial charge in [-0.2, -0.15) is 0 Å². The number of nitrogens with zero attached hydrogens (tertiary/aromatic N) is 1. The summed E-state index contributed by atoms with van der Waals surface area (Å²) in [6.07, 6.45) is 0. The van der Waals surface area contributed by atoms with Crippen LogP contribution in [0.5, 0.6) is 0 Å². The second kappa shape index (κ2) is 6.48. The summed E-state index contributed by atoms with van der Waals surface area (Å²) in [5.74, 6) is -0.244. The zero-order valence-electron chi connectivity index (χ0n) is 14.1. The van der Waals surface area contributed by atoms with Crippen molar-refractivity contribution in [3.05, 3.63) is 108 Å². The maximum Gasteiger partial charge on any atom is 0.325 e. The molecule has 4 heteroatoms. The maximum absolute atomic E-state index is 12.8. The number of hydrogen-bond donors (Lipinski definition) is 1. The molecule has 1 heterocycles. The first-order valence-corrected chi connectivity index (χ1v) is 8.52. The van der Waals surface area contributed by atoms with Crippen LogP contribution in [0.1, 0.15) is 16.7 Å². The highest BCUT2D eigenvalue weighted by Gasteiger charge is 2.50. The van der Waals surface area contributed by atoms with Gasteiger partial charge in [-0.05, 0) is 16.7 Å². The van der Waals surface area contributed by atoms with Gasteiger partial charge in [-0.3, -0.25) is 4.79 Å². The quantitative estimate of drug-likeness (QED) is 0.582. The van der Waals surface area contributed by atoms with Crippen LogP contribution in [-0.4, -0.2) is 23.4 Å². The Labute approximate surface area is 152 Å². The predicted molar refractivity (Wildman–Crippen MR) is 99.5 cm³/mol. The lowest BCUT2D eigenvalue weighted by molar-refractivity contribution is -0.127. The molecule has 128 valence electrons. The lowest BCUT2D eigenvalue weighted by atomic mass is 9.75. The Morgan fingerprint density at radius 1 is 0.654 bits per heavy atom. The van der Waals surface area contributed by atoms with E-state index >= 15 is 0 Å². The Kier molecular flexibility index (Phi) is 4.01. The third-order valence-electron chi connectivity index (χ3n) is 4.75. The van der Waals surface area contributed by atoms with E-state index in [1.54, 1.807) is 0 Å². The summed E-state index contributed by atoms with van der Waals surface area (Å²) in [7, 11) is 0. The number of benzene rings is 3. The largest absolute Gasteiger partial charge is 0.328 e. The summed E-state index contributed by atoms with van der Waals surface area (Å²) in [5.41, 5.74) is 1.56. The zero-order chi connectivity index (χ0) is 18.0. The smallest absolute Gasteiger partial charge is 0.325 e. The van der Waals surface area contributed by atoms with Crippen molar-refractivity contribution in [1.82, 2.24) is 10.2 Å². The Hall–Kier alpha value is -3.40. The third-order valence-corrected chi connectivity index (χ3v) is 4.75. The van der Waals surface area contributed by atoms with Gasteiger partial charge >= 0.3 is 6.03 Å². The van der Waals surface area contributed by atoms with Crippen LogP contribution in [0.2, 0.25) is 0 Å². The highest BCUT2D eigenvalue weighted by Crippen LogP contribution is 2.43. The average Bonchev–Trinajstić information content (AvgIpc) is 3.04. The first kappa shape index (κ1) is 16.1. The zero-order valence-corrected chi connectivity index (χ0v) is 14.1. The van der Waals surface area contributed by atoms with Crippen LogP contribution < -0.4 is 5.32 Å². The molecule has 0 unspecified atom stereocenters. The van der Waals surface area contributed by atoms with Gasteiger partial charge in [-0.15, -0.1) is 0 Å². The van der Waals surface area contributed by atoms with Crippen molar-refractivity contribution in [1.29, 1.82) is 0 Å². The van der Waals surface area contributed by atoms with Crippen molar-refractivity contribution in [3.8, 4) is 0 Å². The van der Waals surface area contributed by atoms with E-state index in [4.69, 9.17) is 0 Å². The molecule has 4 rings (SSSR count). The van der Waals surface area contributed by atoms with Crippen LogP contribution >= 0.6 is 0 Å². The van der Waals surface area contributed by atoms with Crippen LogP contribution in [-0.2, 0) is 10.3 Å². The number of hydrogen-bond acceptors (Lipinski definition) is 2. The van der Waals surface area contributed by atoms with Gasteiger partial charge in [0.05, 0.1) is 6.54 Å². The van der Waals surface area contributed by atoms with Crippen molar-refractivity contribution >= 4 is 11.9 Å². The SMILES string of the molecule is O=C1CNC(=O)N1C(c1ccccc1)(c1ccccc1)c1ccccc1. The number of rotatable bonds is 4. The minimum Gasteiger partial charge on any atom is -0.328 e. The Bertz CT molecular complexity index is 811. The molecule has 0 spiro atoms. The fourth-order valence-corrected chi connectivity index (χ4v) is 3.69. The number of nitrogens with one attached hydrogen (secondary N) is 1. The van der Waals surface area contributed by atoms with E-state index in [9.17, 15) is 9.59 Å². The van der Waals surface area contributed by atoms with Gasteiger partial charge in [0.25, 0.3) is 5.91 Å². The first-order chi connectivity index (χ1) is 12.7. The molecule has 0 radical (unpaired) electrons. The van der Waals surface area contributed by atoms with Gasteiger partial charge < -0.3 is 5.32 Å². The van der Waals surface area contributed by atoms with Gasteiger partial charge in [0.2, 0.25) is 0 Å². The van der Waals surface area contributed by atoms with E-state index in [-0.39, 0.29) is 18.5 Å². The first-order valence-electron chi connectivity index (χ1n) is 8.52. The van der Waals surface area contributed by atoms with Crippen LogP contribution in [0.25, 0.3) is 0 Å². The molecular formula is C22H18N2O2. The van der Waals surface area contributed by atoms with Gasteiger partial charge in [-0.25, -0.2) is 9.69 Å². The topological polar surface area (TPSA) is 49.4 Å². The molecule has 0 atom stereocenters. The minimum atomic E-state index is -1.03. The third kappa shape index (κ3) is 2.39. The van der Waals surface area contributed by atoms with E-state index in [1.165, 1.54) is 4.90 Å². The van der Waals surface area contributed by atoms with Gasteiger partial charge in [0.1, 0.15) is 5.54 Å². The molecule has 4 nitrogen and oxygen atoms in total. The van der Waals surface area contributed by atoms with E-state index in [1.807, 2.05) is 91.0 Å². The molecule has 0 aliphatic carbocycles. The molecule has 3 aromatic carbocycles. The molecule has 26 heavy (non-hydrogen) atoms. The fourth-order valence-electron chi connectivity index (χ4n) is 3.69. The number of amides is 3. The molecule has 1 saturated heterocycles. The Morgan fingerprint density at radius 2 is 1.04 bits per heavy atom. The molecule has 1 N–H and O–H groups in total. The summed E-state index contributed by atoms with van der Waals surface area (Å²) in [4.78, 5) is 26.9. The van der Waals surface area contributed by atoms with E-state index in [0.29, 0.717) is 0 Å². The van der Waals surface area contributed by atoms with Crippen LogP contribution in [0.4, 0.5) is 4.79 Å². The monoisotopic (exact) mass is 342 g/mol. The number of urea groups is 1. The predicted octanol–water partition coefficient (Wildman–Crippen LogP) is 3.53. The molecule has 1 aliphatic rings. The second-order valence-corrected chi connectivity index (χ2v) is 6.20. The van der Waals surface area contributed by atoms with Crippen LogP contribution in [0, 0.1) is 0 Å².